The van der Waals surface area contributed by atoms with E-state index in [4.69, 9.17) is 9.60 Å². The number of benzene rings is 10. The zero-order valence-electron chi connectivity index (χ0n) is 36.9. The molecule has 0 aromatic heterocycles. The van der Waals surface area contributed by atoms with Crippen molar-refractivity contribution in [3.63, 3.8) is 0 Å². The zero-order chi connectivity index (χ0) is 42.3. The van der Waals surface area contributed by atoms with E-state index in [9.17, 15) is 2.74 Å². The molecule has 10 aromatic carbocycles. The van der Waals surface area contributed by atoms with Crippen molar-refractivity contribution in [2.75, 3.05) is 0 Å². The Morgan fingerprint density at radius 1 is 0.269 bits per heavy atom. The second kappa shape index (κ2) is 12.5. The highest BCUT2D eigenvalue weighted by Gasteiger charge is 2.18. The van der Waals surface area contributed by atoms with Gasteiger partial charge < -0.3 is 0 Å². The highest BCUT2D eigenvalue weighted by Crippen LogP contribution is 2.46. The van der Waals surface area contributed by atoms with Gasteiger partial charge in [-0.05, 0) is 111 Å². The molecule has 0 atom stereocenters. The van der Waals surface area contributed by atoms with E-state index >= 15 is 0 Å². The highest BCUT2D eigenvalue weighted by molar-refractivity contribution is 6.24. The van der Waals surface area contributed by atoms with Crippen molar-refractivity contribution in [2.24, 2.45) is 0 Å². The van der Waals surface area contributed by atoms with Gasteiger partial charge in [0.2, 0.25) is 0 Å². The number of fused-ring (bicyclic) bond motifs is 4. The van der Waals surface area contributed by atoms with Crippen LogP contribution in [-0.4, -0.2) is 0 Å². The molecule has 0 aliphatic carbocycles. The summed E-state index contributed by atoms with van der Waals surface area (Å²) in [5.41, 5.74) is 7.93. The lowest BCUT2D eigenvalue weighted by Crippen LogP contribution is -1.92. The summed E-state index contributed by atoms with van der Waals surface area (Å²) in [5.74, 6) is 0. The lowest BCUT2D eigenvalue weighted by Gasteiger charge is -2.19. The zero-order valence-corrected chi connectivity index (χ0v) is 27.9. The Bertz CT molecular complexity index is 3440. The van der Waals surface area contributed by atoms with Gasteiger partial charge in [-0.15, -0.1) is 0 Å². The molecule has 0 saturated heterocycles. The molecule has 0 heteroatoms. The molecular weight excluding hydrogens is 625 g/mol. The van der Waals surface area contributed by atoms with Crippen molar-refractivity contribution < 1.29 is 12.3 Å². The fraction of sp³-hybridized carbons (Fsp3) is 0. The minimum absolute atomic E-state index is 0.0889. The number of hydrogen-bond acceptors (Lipinski definition) is 0. The first-order valence-corrected chi connectivity index (χ1v) is 17.3. The Morgan fingerprint density at radius 2 is 0.808 bits per heavy atom. The van der Waals surface area contributed by atoms with E-state index in [2.05, 4.69) is 84.9 Å². The largest absolute Gasteiger partial charge is 0.0629 e. The van der Waals surface area contributed by atoms with Crippen LogP contribution < -0.4 is 0 Å². The minimum atomic E-state index is -0.544. The van der Waals surface area contributed by atoms with Crippen molar-refractivity contribution in [1.82, 2.24) is 0 Å². The molecule has 0 nitrogen and oxygen atoms in total. The Labute approximate surface area is 316 Å². The Hall–Kier alpha value is -6.76. The third-order valence-electron chi connectivity index (χ3n) is 10.1. The van der Waals surface area contributed by atoms with Crippen LogP contribution in [0.2, 0.25) is 0 Å². The molecule has 0 aliphatic rings. The maximum absolute atomic E-state index is 9.38. The molecule has 0 fully saturated rings. The molecule has 0 saturated carbocycles. The van der Waals surface area contributed by atoms with Crippen molar-refractivity contribution >= 4 is 43.1 Å². The van der Waals surface area contributed by atoms with Crippen molar-refractivity contribution in [2.45, 2.75) is 0 Å². The fourth-order valence-electron chi connectivity index (χ4n) is 7.77. The lowest BCUT2D eigenvalue weighted by atomic mass is 9.84. The van der Waals surface area contributed by atoms with Crippen LogP contribution in [0.3, 0.4) is 0 Å². The monoisotopic (exact) mass is 667 g/mol. The summed E-state index contributed by atoms with van der Waals surface area (Å²) < 4.78 is 79.5. The molecule has 52 heavy (non-hydrogen) atoms. The van der Waals surface area contributed by atoms with Gasteiger partial charge in [-0.3, -0.25) is 0 Å². The molecule has 10 rings (SSSR count). The van der Waals surface area contributed by atoms with Gasteiger partial charge in [0.05, 0.1) is 12.3 Å². The standard InChI is InChI=1S/C52H34/c1-3-15-35(16-4-1)37-19-11-20-38(33-37)41-26-12-21-39-34-40(31-32-43(39)41)42-27-13-29-45-44(42)28-14-30-46(45)52-49-24-9-7-22-47(49)51(36-17-5-2-6-18-36)48-23-8-10-25-50(48)52/h1-34H/i2D,5D,6D,7D,9D,17D,18D,22D,24D. The summed E-state index contributed by atoms with van der Waals surface area (Å²) in [5, 5.41) is 5.44. The SMILES string of the molecule is [2H]c1c([2H])c([2H])c(-c2c3ccccc3c(-c3cccc4c(-c5ccc6c(-c7cccc(-c8ccccc8)c7)cccc6c5)cccc34)c3c([2H])c([2H])c([2H])c([2H])c23)c([2H])c1[2H]. The van der Waals surface area contributed by atoms with Crippen LogP contribution in [0.4, 0.5) is 0 Å². The summed E-state index contributed by atoms with van der Waals surface area (Å²) in [7, 11) is 0. The molecule has 0 aliphatic heterocycles. The maximum Gasteiger partial charge on any atom is 0.0629 e. The van der Waals surface area contributed by atoms with Crippen LogP contribution >= 0.6 is 0 Å². The van der Waals surface area contributed by atoms with Crippen molar-refractivity contribution in [3.05, 3.63) is 206 Å². The third-order valence-corrected chi connectivity index (χ3v) is 10.1. The number of hydrogen-bond donors (Lipinski definition) is 0. The van der Waals surface area contributed by atoms with Crippen LogP contribution in [-0.2, 0) is 0 Å². The first-order valence-electron chi connectivity index (χ1n) is 21.8. The molecule has 242 valence electrons. The Morgan fingerprint density at radius 3 is 1.60 bits per heavy atom. The predicted octanol–water partition coefficient (Wildman–Crippen LogP) is 14.6. The smallest absolute Gasteiger partial charge is 0.0622 e. The predicted molar refractivity (Wildman–Crippen MR) is 224 cm³/mol. The van der Waals surface area contributed by atoms with Gasteiger partial charge >= 0.3 is 0 Å². The van der Waals surface area contributed by atoms with Gasteiger partial charge in [0.25, 0.3) is 0 Å². The molecule has 10 aromatic rings. The van der Waals surface area contributed by atoms with E-state index in [1.807, 2.05) is 54.6 Å². The van der Waals surface area contributed by atoms with Crippen LogP contribution in [0.5, 0.6) is 0 Å². The summed E-state index contributed by atoms with van der Waals surface area (Å²) >= 11 is 0. The highest BCUT2D eigenvalue weighted by atomic mass is 14.2. The molecule has 0 heterocycles. The second-order valence-corrected chi connectivity index (χ2v) is 12.9. The second-order valence-electron chi connectivity index (χ2n) is 12.9. The van der Waals surface area contributed by atoms with Crippen LogP contribution in [0.25, 0.3) is 98.7 Å². The van der Waals surface area contributed by atoms with E-state index in [-0.39, 0.29) is 34.0 Å². The van der Waals surface area contributed by atoms with Crippen LogP contribution in [0.1, 0.15) is 12.3 Å². The summed E-state index contributed by atoms with van der Waals surface area (Å²) in [4.78, 5) is 0. The Kier molecular flexibility index (Phi) is 5.34. The summed E-state index contributed by atoms with van der Waals surface area (Å²) in [6.45, 7) is 0. The average molecular weight is 668 g/mol. The van der Waals surface area contributed by atoms with E-state index < -0.39 is 42.3 Å². The molecule has 0 N–H and O–H groups in total. The molecular formula is C52H34. The molecule has 0 unspecified atom stereocenters. The van der Waals surface area contributed by atoms with Crippen LogP contribution in [0, 0.1) is 0 Å². The van der Waals surface area contributed by atoms with E-state index in [0.29, 0.717) is 16.3 Å². The normalized spacial score (nSPS) is 13.9. The van der Waals surface area contributed by atoms with Gasteiger partial charge in [-0.2, -0.15) is 0 Å². The van der Waals surface area contributed by atoms with Gasteiger partial charge in [0.15, 0.2) is 0 Å². The topological polar surface area (TPSA) is 0 Å². The van der Waals surface area contributed by atoms with Gasteiger partial charge in [-0.1, -0.05) is 194 Å². The lowest BCUT2D eigenvalue weighted by molar-refractivity contribution is 1.60. The first-order chi connectivity index (χ1) is 29.5. The van der Waals surface area contributed by atoms with Crippen LogP contribution in [0.15, 0.2) is 206 Å². The number of rotatable bonds is 5. The third kappa shape index (κ3) is 5.00. The van der Waals surface area contributed by atoms with Crippen molar-refractivity contribution in [3.8, 4) is 55.6 Å². The minimum Gasteiger partial charge on any atom is -0.0622 e. The molecule has 0 spiro atoms. The summed E-state index contributed by atoms with van der Waals surface area (Å²) in [6, 6.07) is 47.2. The van der Waals surface area contributed by atoms with Gasteiger partial charge in [-0.25, -0.2) is 0 Å². The molecule has 0 amide bonds. The molecule has 0 bridgehead atoms. The summed E-state index contributed by atoms with van der Waals surface area (Å²) in [6.07, 6.45) is 0. The molecule has 0 radical (unpaired) electrons. The van der Waals surface area contributed by atoms with Gasteiger partial charge in [0.1, 0.15) is 0 Å². The maximum atomic E-state index is 9.38. The van der Waals surface area contributed by atoms with E-state index in [0.717, 1.165) is 60.5 Å². The van der Waals surface area contributed by atoms with Gasteiger partial charge in [0, 0.05) is 0 Å². The van der Waals surface area contributed by atoms with E-state index in [1.54, 1.807) is 12.1 Å². The van der Waals surface area contributed by atoms with E-state index in [1.165, 1.54) is 0 Å². The van der Waals surface area contributed by atoms with Crippen molar-refractivity contribution in [1.29, 1.82) is 0 Å². The first kappa shape index (κ1) is 22.1. The quantitative estimate of drug-likeness (QED) is 0.160. The average Bonchev–Trinajstić information content (AvgIpc) is 3.30. The Balaban J connectivity index is 1.21. The fourth-order valence-corrected chi connectivity index (χ4v) is 7.77.